The summed E-state index contributed by atoms with van der Waals surface area (Å²) in [5, 5.41) is 0. The molecule has 0 saturated carbocycles. The van der Waals surface area contributed by atoms with E-state index in [0.29, 0.717) is 6.04 Å². The Labute approximate surface area is 120 Å². The predicted octanol–water partition coefficient (Wildman–Crippen LogP) is 2.52. The van der Waals surface area contributed by atoms with Crippen LogP contribution in [0.15, 0.2) is 18.2 Å². The third-order valence-corrected chi connectivity index (χ3v) is 4.66. The highest BCUT2D eigenvalue weighted by Crippen LogP contribution is 2.30. The van der Waals surface area contributed by atoms with E-state index in [1.54, 1.807) is 12.1 Å². The molecular weight excluding hydrogens is 253 g/mol. The molecule has 0 bridgehead atoms. The van der Waals surface area contributed by atoms with Crippen molar-refractivity contribution < 1.29 is 4.39 Å². The summed E-state index contributed by atoms with van der Waals surface area (Å²) in [6, 6.07) is 5.56. The van der Waals surface area contributed by atoms with E-state index in [-0.39, 0.29) is 11.9 Å². The van der Waals surface area contributed by atoms with Gasteiger partial charge in [0.05, 0.1) is 0 Å². The van der Waals surface area contributed by atoms with Crippen molar-refractivity contribution in [1.82, 2.24) is 4.90 Å². The Kier molecular flexibility index (Phi) is 3.94. The van der Waals surface area contributed by atoms with Gasteiger partial charge in [-0.15, -0.1) is 0 Å². The molecule has 2 saturated heterocycles. The predicted molar refractivity (Wildman–Crippen MR) is 80.4 cm³/mol. The van der Waals surface area contributed by atoms with Crippen molar-refractivity contribution in [2.45, 2.75) is 38.3 Å². The zero-order chi connectivity index (χ0) is 14.1. The number of hydrogen-bond acceptors (Lipinski definition) is 3. The lowest BCUT2D eigenvalue weighted by molar-refractivity contribution is 0.133. The molecule has 110 valence electrons. The Morgan fingerprint density at radius 2 is 2.10 bits per heavy atom. The van der Waals surface area contributed by atoms with Crippen LogP contribution < -0.4 is 10.6 Å². The zero-order valence-electron chi connectivity index (χ0n) is 12.2. The highest BCUT2D eigenvalue weighted by atomic mass is 19.1. The van der Waals surface area contributed by atoms with E-state index in [0.717, 1.165) is 30.9 Å². The minimum Gasteiger partial charge on any atom is -0.368 e. The van der Waals surface area contributed by atoms with Gasteiger partial charge in [-0.25, -0.2) is 4.39 Å². The molecule has 0 amide bonds. The molecule has 2 fully saturated rings. The highest BCUT2D eigenvalue weighted by molar-refractivity contribution is 5.55. The second-order valence-electron chi connectivity index (χ2n) is 6.12. The largest absolute Gasteiger partial charge is 0.368 e. The first-order chi connectivity index (χ1) is 9.65. The molecule has 2 heterocycles. The van der Waals surface area contributed by atoms with E-state index in [1.165, 1.54) is 25.8 Å². The molecule has 2 aliphatic rings. The Bertz CT molecular complexity index is 475. The van der Waals surface area contributed by atoms with Crippen LogP contribution in [0.3, 0.4) is 0 Å². The Hall–Kier alpha value is -1.13. The van der Waals surface area contributed by atoms with Crippen molar-refractivity contribution >= 4 is 5.69 Å². The van der Waals surface area contributed by atoms with Crippen LogP contribution >= 0.6 is 0 Å². The lowest BCUT2D eigenvalue weighted by Crippen LogP contribution is -2.55. The normalized spacial score (nSPS) is 25.4. The SMILES string of the molecule is C[C@@H](N)c1cc(F)ccc1N1CCN2CCCCC2C1. The van der Waals surface area contributed by atoms with Crippen LogP contribution in [-0.2, 0) is 0 Å². The summed E-state index contributed by atoms with van der Waals surface area (Å²) in [6.07, 6.45) is 3.95. The number of benzene rings is 1. The fraction of sp³-hybridized carbons (Fsp3) is 0.625. The number of nitrogens with zero attached hydrogens (tertiary/aromatic N) is 2. The maximum Gasteiger partial charge on any atom is 0.123 e. The average Bonchev–Trinajstić information content (AvgIpc) is 2.46. The van der Waals surface area contributed by atoms with Crippen LogP contribution in [0.4, 0.5) is 10.1 Å². The summed E-state index contributed by atoms with van der Waals surface area (Å²) < 4.78 is 13.5. The van der Waals surface area contributed by atoms with Gasteiger partial charge < -0.3 is 10.6 Å². The lowest BCUT2D eigenvalue weighted by Gasteiger charge is -2.45. The summed E-state index contributed by atoms with van der Waals surface area (Å²) >= 11 is 0. The van der Waals surface area contributed by atoms with Gasteiger partial charge in [0.25, 0.3) is 0 Å². The van der Waals surface area contributed by atoms with E-state index in [4.69, 9.17) is 5.73 Å². The molecule has 3 rings (SSSR count). The molecule has 2 atom stereocenters. The molecule has 2 aliphatic heterocycles. The lowest BCUT2D eigenvalue weighted by atomic mass is 9.98. The smallest absolute Gasteiger partial charge is 0.123 e. The number of halogens is 1. The van der Waals surface area contributed by atoms with E-state index in [2.05, 4.69) is 9.80 Å². The standard InChI is InChI=1S/C16H24FN3/c1-12(18)15-10-13(17)5-6-16(15)20-9-8-19-7-3-2-4-14(19)11-20/h5-6,10,12,14H,2-4,7-9,11,18H2,1H3/t12-,14?/m1/s1. The van der Waals surface area contributed by atoms with Crippen molar-refractivity contribution in [1.29, 1.82) is 0 Å². The number of nitrogens with two attached hydrogens (primary N) is 1. The van der Waals surface area contributed by atoms with E-state index >= 15 is 0 Å². The molecule has 2 N–H and O–H groups in total. The van der Waals surface area contributed by atoms with Crippen molar-refractivity contribution in [3.05, 3.63) is 29.6 Å². The van der Waals surface area contributed by atoms with Crippen LogP contribution in [0.1, 0.15) is 37.8 Å². The van der Waals surface area contributed by atoms with Crippen LogP contribution in [0, 0.1) is 5.82 Å². The number of piperazine rings is 1. The molecule has 1 aromatic carbocycles. The monoisotopic (exact) mass is 277 g/mol. The second-order valence-corrected chi connectivity index (χ2v) is 6.12. The van der Waals surface area contributed by atoms with Gasteiger partial charge in [-0.1, -0.05) is 6.42 Å². The average molecular weight is 277 g/mol. The minimum absolute atomic E-state index is 0.134. The molecule has 20 heavy (non-hydrogen) atoms. The van der Waals surface area contributed by atoms with Gasteiger partial charge in [-0.2, -0.15) is 0 Å². The van der Waals surface area contributed by atoms with E-state index in [9.17, 15) is 4.39 Å². The third-order valence-electron chi connectivity index (χ3n) is 4.66. The van der Waals surface area contributed by atoms with Crippen molar-refractivity contribution in [2.75, 3.05) is 31.1 Å². The van der Waals surface area contributed by atoms with Crippen LogP contribution in [-0.4, -0.2) is 37.1 Å². The molecule has 3 nitrogen and oxygen atoms in total. The Morgan fingerprint density at radius 3 is 2.90 bits per heavy atom. The first-order valence-electron chi connectivity index (χ1n) is 7.69. The minimum atomic E-state index is -0.197. The van der Waals surface area contributed by atoms with Gasteiger partial charge in [0.1, 0.15) is 5.82 Å². The highest BCUT2D eigenvalue weighted by Gasteiger charge is 2.29. The zero-order valence-corrected chi connectivity index (χ0v) is 12.2. The summed E-state index contributed by atoms with van der Waals surface area (Å²) in [7, 11) is 0. The fourth-order valence-corrected chi connectivity index (χ4v) is 3.55. The first-order valence-corrected chi connectivity index (χ1v) is 7.69. The number of anilines is 1. The molecule has 0 aliphatic carbocycles. The van der Waals surface area contributed by atoms with Crippen molar-refractivity contribution in [2.24, 2.45) is 5.73 Å². The molecule has 0 spiro atoms. The summed E-state index contributed by atoms with van der Waals surface area (Å²) in [5.41, 5.74) is 8.06. The second kappa shape index (κ2) is 5.70. The van der Waals surface area contributed by atoms with Crippen molar-refractivity contribution in [3.8, 4) is 0 Å². The molecule has 1 aromatic rings. The van der Waals surface area contributed by atoms with Gasteiger partial charge in [0.2, 0.25) is 0 Å². The molecule has 1 unspecified atom stereocenters. The summed E-state index contributed by atoms with van der Waals surface area (Å²) in [5.74, 6) is -0.197. The quantitative estimate of drug-likeness (QED) is 0.901. The van der Waals surface area contributed by atoms with Crippen molar-refractivity contribution in [3.63, 3.8) is 0 Å². The molecule has 0 aromatic heterocycles. The first kappa shape index (κ1) is 13.8. The molecule has 4 heteroatoms. The van der Waals surface area contributed by atoms with Gasteiger partial charge in [-0.3, -0.25) is 4.90 Å². The Balaban J connectivity index is 1.82. The van der Waals surface area contributed by atoms with Crippen LogP contribution in [0.2, 0.25) is 0 Å². The van der Waals surface area contributed by atoms with Crippen LogP contribution in [0.25, 0.3) is 0 Å². The third kappa shape index (κ3) is 2.67. The maximum atomic E-state index is 13.5. The van der Waals surface area contributed by atoms with Crippen LogP contribution in [0.5, 0.6) is 0 Å². The molecular formula is C16H24FN3. The van der Waals surface area contributed by atoms with Gasteiger partial charge >= 0.3 is 0 Å². The Morgan fingerprint density at radius 1 is 1.25 bits per heavy atom. The van der Waals surface area contributed by atoms with Gasteiger partial charge in [-0.05, 0) is 50.1 Å². The topological polar surface area (TPSA) is 32.5 Å². The number of hydrogen-bond donors (Lipinski definition) is 1. The summed E-state index contributed by atoms with van der Waals surface area (Å²) in [6.45, 7) is 6.34. The van der Waals surface area contributed by atoms with Gasteiger partial charge in [0, 0.05) is 37.4 Å². The fourth-order valence-electron chi connectivity index (χ4n) is 3.55. The van der Waals surface area contributed by atoms with E-state index < -0.39 is 0 Å². The number of piperidine rings is 1. The van der Waals surface area contributed by atoms with Gasteiger partial charge in [0.15, 0.2) is 0 Å². The number of rotatable bonds is 2. The number of fused-ring (bicyclic) bond motifs is 1. The maximum absolute atomic E-state index is 13.5. The summed E-state index contributed by atoms with van der Waals surface area (Å²) in [4.78, 5) is 5.00. The van der Waals surface area contributed by atoms with E-state index in [1.807, 2.05) is 13.0 Å². The molecule has 0 radical (unpaired) electrons.